The molecule has 1 aromatic carbocycles. The third-order valence-electron chi connectivity index (χ3n) is 6.23. The second-order valence-electron chi connectivity index (χ2n) is 9.66. The molecule has 0 N–H and O–H groups in total. The number of benzene rings is 1. The minimum atomic E-state index is -0.434. The summed E-state index contributed by atoms with van der Waals surface area (Å²) in [5, 5.41) is 0. The highest BCUT2D eigenvalue weighted by Crippen LogP contribution is 2.38. The maximum Gasteiger partial charge on any atom is 0.338 e. The molecule has 0 bridgehead atoms. The zero-order valence-electron chi connectivity index (χ0n) is 20.7. The van der Waals surface area contributed by atoms with Crippen molar-refractivity contribution in [3.05, 3.63) is 63.8 Å². The van der Waals surface area contributed by atoms with Gasteiger partial charge in [0.25, 0.3) is 0 Å². The summed E-state index contributed by atoms with van der Waals surface area (Å²) in [6.45, 7) is 14.8. The van der Waals surface area contributed by atoms with E-state index in [1.54, 1.807) is 7.11 Å². The van der Waals surface area contributed by atoms with E-state index < -0.39 is 5.60 Å². The number of esters is 1. The summed E-state index contributed by atoms with van der Waals surface area (Å²) in [6.07, 6.45) is 10.7. The summed E-state index contributed by atoms with van der Waals surface area (Å²) in [5.41, 5.74) is 6.08. The molecule has 0 amide bonds. The van der Waals surface area contributed by atoms with Crippen LogP contribution in [0.1, 0.15) is 89.2 Å². The van der Waals surface area contributed by atoms with Crippen molar-refractivity contribution in [3.8, 4) is 5.75 Å². The van der Waals surface area contributed by atoms with Crippen LogP contribution in [0.3, 0.4) is 0 Å². The molecule has 0 heterocycles. The lowest BCUT2D eigenvalue weighted by Gasteiger charge is -2.39. The molecule has 31 heavy (non-hydrogen) atoms. The van der Waals surface area contributed by atoms with E-state index in [1.807, 2.05) is 12.1 Å². The van der Waals surface area contributed by atoms with E-state index in [0.717, 1.165) is 49.0 Å². The Labute approximate surface area is 189 Å². The lowest BCUT2D eigenvalue weighted by Crippen LogP contribution is -2.41. The highest BCUT2D eigenvalue weighted by molar-refractivity contribution is 5.90. The van der Waals surface area contributed by atoms with Crippen LogP contribution in [0.15, 0.2) is 47.1 Å². The second kappa shape index (κ2) is 10.8. The summed E-state index contributed by atoms with van der Waals surface area (Å²) in [5.74, 6) is 0.886. The van der Waals surface area contributed by atoms with Crippen molar-refractivity contribution in [3.63, 3.8) is 0 Å². The van der Waals surface area contributed by atoms with E-state index in [2.05, 4.69) is 66.7 Å². The fourth-order valence-electron chi connectivity index (χ4n) is 4.00. The number of methoxy groups -OCH3 is 1. The number of carbonyl (C=O) groups is 1. The van der Waals surface area contributed by atoms with Gasteiger partial charge in [0.15, 0.2) is 0 Å². The molecule has 3 heteroatoms. The predicted octanol–water partition coefficient (Wildman–Crippen LogP) is 7.39. The predicted molar refractivity (Wildman–Crippen MR) is 130 cm³/mol. The maximum atomic E-state index is 13.4. The molecule has 0 aromatic heterocycles. The van der Waals surface area contributed by atoms with Crippen LogP contribution in [-0.4, -0.2) is 18.7 Å². The minimum absolute atomic E-state index is 0.235. The van der Waals surface area contributed by atoms with Crippen LogP contribution >= 0.6 is 0 Å². The monoisotopic (exact) mass is 424 g/mol. The number of rotatable bonds is 8. The van der Waals surface area contributed by atoms with Crippen LogP contribution in [0, 0.1) is 5.92 Å². The Morgan fingerprint density at radius 3 is 2.00 bits per heavy atom. The lowest BCUT2D eigenvalue weighted by atomic mass is 9.78. The van der Waals surface area contributed by atoms with E-state index in [4.69, 9.17) is 9.47 Å². The largest absolute Gasteiger partial charge is 0.496 e. The summed E-state index contributed by atoms with van der Waals surface area (Å²) in [6, 6.07) is 3.90. The Balaban J connectivity index is 2.46. The number of allylic oxidation sites excluding steroid dienone is 5. The molecule has 1 atom stereocenters. The van der Waals surface area contributed by atoms with Gasteiger partial charge in [0, 0.05) is 6.42 Å². The third kappa shape index (κ3) is 6.59. The zero-order valence-corrected chi connectivity index (χ0v) is 20.7. The Morgan fingerprint density at radius 2 is 1.61 bits per heavy atom. The van der Waals surface area contributed by atoms with Crippen LogP contribution in [0.5, 0.6) is 5.75 Å². The number of ether oxygens (including phenoxy) is 2. The SMILES string of the molecule is COc1c(CC=C(C)C)cc(C(=O)OC2(C(C)C)CC=C(C)CC2)cc1CC=C(C)C. The number of hydrogen-bond acceptors (Lipinski definition) is 3. The molecule has 170 valence electrons. The Hall–Kier alpha value is -2.29. The summed E-state index contributed by atoms with van der Waals surface area (Å²) in [7, 11) is 1.70. The Kier molecular flexibility index (Phi) is 8.73. The highest BCUT2D eigenvalue weighted by atomic mass is 16.6. The normalized spacial score (nSPS) is 18.3. The van der Waals surface area contributed by atoms with E-state index in [-0.39, 0.29) is 11.9 Å². The first-order valence-corrected chi connectivity index (χ1v) is 11.4. The molecule has 1 aliphatic rings. The lowest BCUT2D eigenvalue weighted by molar-refractivity contribution is -0.0496. The van der Waals surface area contributed by atoms with Crippen LogP contribution < -0.4 is 4.74 Å². The van der Waals surface area contributed by atoms with Crippen LogP contribution in [-0.2, 0) is 17.6 Å². The zero-order chi connectivity index (χ0) is 23.2. The van der Waals surface area contributed by atoms with Gasteiger partial charge in [-0.15, -0.1) is 0 Å². The van der Waals surface area contributed by atoms with Crippen molar-refractivity contribution in [2.45, 2.75) is 86.2 Å². The molecule has 1 aliphatic carbocycles. The van der Waals surface area contributed by atoms with Crippen LogP contribution in [0.2, 0.25) is 0 Å². The number of carbonyl (C=O) groups excluding carboxylic acids is 1. The van der Waals surface area contributed by atoms with Gasteiger partial charge in [0.05, 0.1) is 12.7 Å². The highest BCUT2D eigenvalue weighted by Gasteiger charge is 2.39. The van der Waals surface area contributed by atoms with Crippen LogP contribution in [0.4, 0.5) is 0 Å². The Bertz CT molecular complexity index is 837. The van der Waals surface area contributed by atoms with Gasteiger partial charge in [-0.2, -0.15) is 0 Å². The maximum absolute atomic E-state index is 13.4. The Morgan fingerprint density at radius 1 is 1.06 bits per heavy atom. The fourth-order valence-corrected chi connectivity index (χ4v) is 4.00. The van der Waals surface area contributed by atoms with Crippen molar-refractivity contribution in [1.82, 2.24) is 0 Å². The van der Waals surface area contributed by atoms with Gasteiger partial charge in [0.2, 0.25) is 0 Å². The van der Waals surface area contributed by atoms with Gasteiger partial charge >= 0.3 is 5.97 Å². The molecule has 0 radical (unpaired) electrons. The first kappa shape index (κ1) is 25.0. The van der Waals surface area contributed by atoms with Gasteiger partial charge < -0.3 is 9.47 Å². The molecule has 0 spiro atoms. The summed E-state index contributed by atoms with van der Waals surface area (Å²) < 4.78 is 12.0. The molecule has 1 aromatic rings. The summed E-state index contributed by atoms with van der Waals surface area (Å²) in [4.78, 5) is 13.4. The van der Waals surface area contributed by atoms with E-state index >= 15 is 0 Å². The molecular formula is C28H40O3. The average Bonchev–Trinajstić information content (AvgIpc) is 2.71. The van der Waals surface area contributed by atoms with Gasteiger partial charge in [-0.1, -0.05) is 48.8 Å². The first-order chi connectivity index (χ1) is 14.6. The third-order valence-corrected chi connectivity index (χ3v) is 6.23. The first-order valence-electron chi connectivity index (χ1n) is 11.4. The van der Waals surface area contributed by atoms with E-state index in [1.165, 1.54) is 16.7 Å². The quantitative estimate of drug-likeness (QED) is 0.322. The molecule has 0 fully saturated rings. The van der Waals surface area contributed by atoms with Crippen molar-refractivity contribution in [2.24, 2.45) is 5.92 Å². The van der Waals surface area contributed by atoms with Gasteiger partial charge in [0.1, 0.15) is 11.4 Å². The standard InChI is InChI=1S/C28H40O3/c1-19(2)9-11-23-17-25(18-24(26(23)30-8)12-10-20(3)4)27(29)31-28(21(5)6)15-13-22(7)14-16-28/h9-10,13,17-18,21H,11-12,14-16H2,1-8H3. The molecule has 0 saturated heterocycles. The molecule has 2 rings (SSSR count). The molecular weight excluding hydrogens is 384 g/mol. The van der Waals surface area contributed by atoms with Gasteiger partial charge in [-0.3, -0.25) is 0 Å². The average molecular weight is 425 g/mol. The summed E-state index contributed by atoms with van der Waals surface area (Å²) >= 11 is 0. The topological polar surface area (TPSA) is 35.5 Å². The molecule has 0 aliphatic heterocycles. The molecule has 3 nitrogen and oxygen atoms in total. The van der Waals surface area contributed by atoms with Crippen molar-refractivity contribution >= 4 is 5.97 Å². The van der Waals surface area contributed by atoms with Crippen LogP contribution in [0.25, 0.3) is 0 Å². The number of hydrogen-bond donors (Lipinski definition) is 0. The van der Waals surface area contributed by atoms with Crippen molar-refractivity contribution < 1.29 is 14.3 Å². The van der Waals surface area contributed by atoms with E-state index in [9.17, 15) is 4.79 Å². The van der Waals surface area contributed by atoms with Gasteiger partial charge in [-0.05, 0) is 89.5 Å². The van der Waals surface area contributed by atoms with Crippen molar-refractivity contribution in [2.75, 3.05) is 7.11 Å². The van der Waals surface area contributed by atoms with E-state index in [0.29, 0.717) is 5.56 Å². The smallest absolute Gasteiger partial charge is 0.338 e. The van der Waals surface area contributed by atoms with Crippen molar-refractivity contribution in [1.29, 1.82) is 0 Å². The minimum Gasteiger partial charge on any atom is -0.496 e. The fraction of sp³-hybridized carbons (Fsp3) is 0.536. The molecule has 0 saturated carbocycles. The van der Waals surface area contributed by atoms with Gasteiger partial charge in [-0.25, -0.2) is 4.79 Å². The second-order valence-corrected chi connectivity index (χ2v) is 9.66. The molecule has 1 unspecified atom stereocenters.